The number of nitrogens with one attached hydrogen (secondary N) is 1. The normalized spacial score (nSPS) is 21.9. The van der Waals surface area contributed by atoms with E-state index < -0.39 is 17.5 Å². The summed E-state index contributed by atoms with van der Waals surface area (Å²) >= 11 is 1.85. The zero-order valence-electron chi connectivity index (χ0n) is 9.65. The number of ether oxygens (including phenoxy) is 1. The lowest BCUT2D eigenvalue weighted by molar-refractivity contribution is -0.0431. The quantitative estimate of drug-likeness (QED) is 0.276. The van der Waals surface area contributed by atoms with Crippen molar-refractivity contribution < 1.29 is 9.57 Å². The fourth-order valence-electron chi connectivity index (χ4n) is 1.83. The number of H-pyrrole nitrogens is 1. The molecule has 2 rings (SSSR count). The van der Waals surface area contributed by atoms with Gasteiger partial charge >= 0.3 is 5.69 Å². The van der Waals surface area contributed by atoms with Crippen molar-refractivity contribution in [3.05, 3.63) is 41.0 Å². The number of halogens is 1. The minimum atomic E-state index is -0.507. The maximum Gasteiger partial charge on any atom is 0.330 e. The van der Waals surface area contributed by atoms with Gasteiger partial charge in [0.15, 0.2) is 0 Å². The Labute approximate surface area is 120 Å². The molecule has 102 valence electrons. The number of rotatable bonds is 4. The Morgan fingerprint density at radius 1 is 1.63 bits per heavy atom. The van der Waals surface area contributed by atoms with Gasteiger partial charge < -0.3 is 9.57 Å². The van der Waals surface area contributed by atoms with Gasteiger partial charge in [-0.05, 0) is 41.0 Å². The molecule has 1 saturated heterocycles. The molecule has 2 atom stereocenters. The first-order valence-corrected chi connectivity index (χ1v) is 6.52. The molecule has 0 unspecified atom stereocenters. The second-order valence-corrected chi connectivity index (χ2v) is 5.06. The lowest BCUT2D eigenvalue weighted by Gasteiger charge is -2.15. The van der Waals surface area contributed by atoms with Crippen molar-refractivity contribution in [2.24, 2.45) is 5.28 Å². The van der Waals surface area contributed by atoms with Gasteiger partial charge in [0.05, 0.1) is 9.67 Å². The third-order valence-electron chi connectivity index (χ3n) is 2.67. The van der Waals surface area contributed by atoms with Crippen LogP contribution >= 0.6 is 22.6 Å². The van der Waals surface area contributed by atoms with Crippen molar-refractivity contribution in [3.63, 3.8) is 0 Å². The monoisotopic (exact) mass is 379 g/mol. The van der Waals surface area contributed by atoms with Crippen LogP contribution in [0.5, 0.6) is 0 Å². The highest BCUT2D eigenvalue weighted by atomic mass is 127. The highest BCUT2D eigenvalue weighted by molar-refractivity contribution is 14.1. The fourth-order valence-corrected chi connectivity index (χ4v) is 2.27. The van der Waals surface area contributed by atoms with E-state index in [4.69, 9.17) is 10.3 Å². The predicted molar refractivity (Wildman–Crippen MR) is 72.3 cm³/mol. The molecule has 0 spiro atoms. The second-order valence-electron chi connectivity index (χ2n) is 3.90. The number of hydrogen-bond acceptors (Lipinski definition) is 5. The van der Waals surface area contributed by atoms with Crippen LogP contribution in [-0.4, -0.2) is 22.3 Å². The van der Waals surface area contributed by atoms with E-state index in [1.807, 2.05) is 22.6 Å². The van der Waals surface area contributed by atoms with E-state index in [1.165, 1.54) is 10.8 Å². The summed E-state index contributed by atoms with van der Waals surface area (Å²) in [5.41, 5.74) is 7.15. The standard InChI is InChI=1S/C9H10IN5O4/c10-6-3-15(9(17)12-8(6)16)7-2-1-5(19-7)4-18-14-13-11/h3,5,7H,1-2,4H2,(H,12,16,17)/t5-,7+/m0/s1. The summed E-state index contributed by atoms with van der Waals surface area (Å²) in [6.07, 6.45) is 2.06. The summed E-state index contributed by atoms with van der Waals surface area (Å²) in [6.45, 7) is 0.135. The van der Waals surface area contributed by atoms with Crippen LogP contribution in [0.2, 0.25) is 0 Å². The highest BCUT2D eigenvalue weighted by Gasteiger charge is 2.28. The van der Waals surface area contributed by atoms with Crippen molar-refractivity contribution >= 4 is 22.6 Å². The average Bonchev–Trinajstić information content (AvgIpc) is 2.83. The summed E-state index contributed by atoms with van der Waals surface area (Å²) in [5.74, 6) is 0. The van der Waals surface area contributed by atoms with Gasteiger partial charge in [0, 0.05) is 11.1 Å². The van der Waals surface area contributed by atoms with Crippen molar-refractivity contribution in [1.29, 1.82) is 0 Å². The number of aromatic amines is 1. The number of aromatic nitrogens is 2. The summed E-state index contributed by atoms with van der Waals surface area (Å²) < 4.78 is 7.35. The van der Waals surface area contributed by atoms with Gasteiger partial charge in [0.2, 0.25) is 0 Å². The molecule has 1 fully saturated rings. The van der Waals surface area contributed by atoms with E-state index in [0.29, 0.717) is 16.4 Å². The number of nitrogens with zero attached hydrogens (tertiary/aromatic N) is 4. The topological polar surface area (TPSA) is 122 Å². The minimum absolute atomic E-state index is 0.135. The van der Waals surface area contributed by atoms with Crippen LogP contribution in [0.15, 0.2) is 21.1 Å². The number of azide groups is 1. The molecule has 0 aliphatic carbocycles. The lowest BCUT2D eigenvalue weighted by Crippen LogP contribution is -2.33. The van der Waals surface area contributed by atoms with Crippen LogP contribution in [0, 0.1) is 3.57 Å². The van der Waals surface area contributed by atoms with Crippen molar-refractivity contribution in [1.82, 2.24) is 9.55 Å². The Balaban J connectivity index is 2.08. The molecule has 10 heteroatoms. The molecule has 0 amide bonds. The Bertz CT molecular complexity index is 620. The second kappa shape index (κ2) is 6.08. The molecule has 19 heavy (non-hydrogen) atoms. The predicted octanol–water partition coefficient (Wildman–Crippen LogP) is 1.06. The first-order valence-electron chi connectivity index (χ1n) is 5.44. The summed E-state index contributed by atoms with van der Waals surface area (Å²) in [6, 6.07) is 0. The molecule has 1 N–H and O–H groups in total. The van der Waals surface area contributed by atoms with Crippen molar-refractivity contribution in [2.75, 3.05) is 6.61 Å². The largest absolute Gasteiger partial charge is 0.431 e. The Morgan fingerprint density at radius 2 is 2.42 bits per heavy atom. The van der Waals surface area contributed by atoms with Crippen molar-refractivity contribution in [2.45, 2.75) is 25.2 Å². The van der Waals surface area contributed by atoms with Crippen LogP contribution in [0.1, 0.15) is 19.1 Å². The summed E-state index contributed by atoms with van der Waals surface area (Å²) in [5, 5.41) is 2.96. The molecule has 1 aliphatic heterocycles. The maximum atomic E-state index is 11.7. The molecule has 1 aromatic heterocycles. The fraction of sp³-hybridized carbons (Fsp3) is 0.556. The van der Waals surface area contributed by atoms with Gasteiger partial charge in [0.25, 0.3) is 5.56 Å². The summed E-state index contributed by atoms with van der Waals surface area (Å²) in [4.78, 5) is 32.3. The molecular formula is C9H10IN5O4. The molecule has 2 heterocycles. The highest BCUT2D eigenvalue weighted by Crippen LogP contribution is 2.27. The number of hydrogen-bond donors (Lipinski definition) is 1. The van der Waals surface area contributed by atoms with Crippen LogP contribution in [0.25, 0.3) is 10.4 Å². The third kappa shape index (κ3) is 3.28. The average molecular weight is 379 g/mol. The van der Waals surface area contributed by atoms with E-state index in [2.05, 4.69) is 20.0 Å². The van der Waals surface area contributed by atoms with Crippen LogP contribution in [-0.2, 0) is 9.57 Å². The minimum Gasteiger partial charge on any atom is -0.431 e. The molecule has 1 aromatic rings. The molecule has 0 radical (unpaired) electrons. The van der Waals surface area contributed by atoms with Gasteiger partial charge in [-0.3, -0.25) is 14.3 Å². The zero-order chi connectivity index (χ0) is 13.8. The maximum absolute atomic E-state index is 11.7. The third-order valence-corrected chi connectivity index (χ3v) is 3.44. The summed E-state index contributed by atoms with van der Waals surface area (Å²) in [7, 11) is 0. The van der Waals surface area contributed by atoms with E-state index >= 15 is 0 Å². The van der Waals surface area contributed by atoms with E-state index in [9.17, 15) is 9.59 Å². The molecule has 0 bridgehead atoms. The van der Waals surface area contributed by atoms with Gasteiger partial charge in [-0.2, -0.15) is 0 Å². The Kier molecular flexibility index (Phi) is 4.45. The van der Waals surface area contributed by atoms with Gasteiger partial charge in [-0.1, -0.05) is 0 Å². The first-order chi connectivity index (χ1) is 9.11. The lowest BCUT2D eigenvalue weighted by atomic mass is 10.2. The molecular weight excluding hydrogens is 369 g/mol. The zero-order valence-corrected chi connectivity index (χ0v) is 11.8. The SMILES string of the molecule is [N-]=[N+]=NOC[C@@H]1CC[C@H](n2cc(I)c(=O)[nH]c2=O)O1. The van der Waals surface area contributed by atoms with Crippen LogP contribution in [0.4, 0.5) is 0 Å². The van der Waals surface area contributed by atoms with E-state index in [-0.39, 0.29) is 12.7 Å². The van der Waals surface area contributed by atoms with Crippen molar-refractivity contribution in [3.8, 4) is 0 Å². The Hall–Kier alpha value is -1.52. The Morgan fingerprint density at radius 3 is 3.16 bits per heavy atom. The molecule has 9 nitrogen and oxygen atoms in total. The van der Waals surface area contributed by atoms with E-state index in [0.717, 1.165) is 0 Å². The van der Waals surface area contributed by atoms with Crippen LogP contribution in [0.3, 0.4) is 0 Å². The molecule has 1 aliphatic rings. The van der Waals surface area contributed by atoms with Crippen LogP contribution < -0.4 is 11.2 Å². The smallest absolute Gasteiger partial charge is 0.330 e. The molecule has 0 saturated carbocycles. The van der Waals surface area contributed by atoms with Gasteiger partial charge in [-0.25, -0.2) is 4.79 Å². The van der Waals surface area contributed by atoms with E-state index in [1.54, 1.807) is 0 Å². The first kappa shape index (κ1) is 13.9. The van der Waals surface area contributed by atoms with Gasteiger partial charge in [0.1, 0.15) is 18.1 Å². The van der Waals surface area contributed by atoms with Gasteiger partial charge in [-0.15, -0.1) is 0 Å². The molecule has 0 aromatic carbocycles.